The second-order valence-electron chi connectivity index (χ2n) is 4.54. The molecule has 1 aromatic carbocycles. The van der Waals surface area contributed by atoms with E-state index in [0.29, 0.717) is 11.4 Å². The third-order valence-corrected chi connectivity index (χ3v) is 4.09. The van der Waals surface area contributed by atoms with Crippen molar-refractivity contribution in [1.82, 2.24) is 9.97 Å². The maximum atomic E-state index is 5.88. The van der Waals surface area contributed by atoms with E-state index in [1.807, 2.05) is 41.8 Å². The molecule has 0 bridgehead atoms. The zero-order valence-corrected chi connectivity index (χ0v) is 13.1. The van der Waals surface area contributed by atoms with E-state index in [2.05, 4.69) is 9.97 Å². The quantitative estimate of drug-likeness (QED) is 0.798. The van der Waals surface area contributed by atoms with Gasteiger partial charge in [0.25, 0.3) is 0 Å². The maximum Gasteiger partial charge on any atom is 0.221 e. The highest BCUT2D eigenvalue weighted by molar-refractivity contribution is 7.13. The Bertz CT molecular complexity index is 788. The van der Waals surface area contributed by atoms with Gasteiger partial charge in [-0.25, -0.2) is 9.97 Å². The maximum absolute atomic E-state index is 5.88. The molecule has 2 aromatic heterocycles. The Labute approximate surface area is 132 Å². The van der Waals surface area contributed by atoms with Crippen LogP contribution in [0.25, 0.3) is 21.8 Å². The predicted molar refractivity (Wildman–Crippen MR) is 88.3 cm³/mol. The van der Waals surface area contributed by atoms with Crippen LogP contribution >= 0.6 is 11.3 Å². The van der Waals surface area contributed by atoms with Crippen LogP contribution in [0.4, 0.5) is 5.95 Å². The van der Waals surface area contributed by atoms with Crippen LogP contribution in [-0.2, 0) is 0 Å². The van der Waals surface area contributed by atoms with Gasteiger partial charge in [0.2, 0.25) is 5.95 Å². The van der Waals surface area contributed by atoms with Crippen molar-refractivity contribution in [3.05, 3.63) is 41.8 Å². The number of hydrogen-bond acceptors (Lipinski definition) is 6. The Balaban J connectivity index is 2.16. The van der Waals surface area contributed by atoms with Crippen LogP contribution in [0.1, 0.15) is 0 Å². The molecular formula is C16H15N3O2S. The lowest BCUT2D eigenvalue weighted by molar-refractivity contribution is 0.404. The van der Waals surface area contributed by atoms with Crippen molar-refractivity contribution >= 4 is 17.3 Å². The van der Waals surface area contributed by atoms with E-state index in [1.54, 1.807) is 25.6 Å². The molecule has 3 rings (SSSR count). The first-order valence-electron chi connectivity index (χ1n) is 6.62. The summed E-state index contributed by atoms with van der Waals surface area (Å²) in [6, 6.07) is 11.4. The van der Waals surface area contributed by atoms with Gasteiger partial charge in [-0.1, -0.05) is 6.07 Å². The average molecular weight is 313 g/mol. The van der Waals surface area contributed by atoms with Gasteiger partial charge < -0.3 is 15.2 Å². The van der Waals surface area contributed by atoms with Gasteiger partial charge in [-0.3, -0.25) is 0 Å². The third-order valence-electron chi connectivity index (χ3n) is 3.20. The second-order valence-corrected chi connectivity index (χ2v) is 5.49. The molecule has 0 aliphatic carbocycles. The van der Waals surface area contributed by atoms with Gasteiger partial charge in [0, 0.05) is 5.56 Å². The van der Waals surface area contributed by atoms with Gasteiger partial charge in [0.1, 0.15) is 11.5 Å². The molecular weight excluding hydrogens is 298 g/mol. The number of nitrogens with zero attached hydrogens (tertiary/aromatic N) is 2. The monoisotopic (exact) mass is 313 g/mol. The molecule has 0 aliphatic rings. The number of nitrogens with two attached hydrogens (primary N) is 1. The standard InChI is InChI=1S/C16H15N3O2S/c1-20-10-5-6-14(21-2)11(8-10)12-9-13(19-16(17)18-12)15-4-3-7-22-15/h3-9H,1-2H3,(H2,17,18,19). The van der Waals surface area contributed by atoms with Gasteiger partial charge in [-0.15, -0.1) is 11.3 Å². The van der Waals surface area contributed by atoms with Crippen LogP contribution in [-0.4, -0.2) is 24.2 Å². The Morgan fingerprint density at radius 1 is 1.00 bits per heavy atom. The number of nitrogen functional groups attached to an aromatic ring is 1. The molecule has 3 aromatic rings. The minimum absolute atomic E-state index is 0.228. The molecule has 0 fully saturated rings. The van der Waals surface area contributed by atoms with Crippen LogP contribution in [0.15, 0.2) is 41.8 Å². The van der Waals surface area contributed by atoms with Gasteiger partial charge >= 0.3 is 0 Å². The van der Waals surface area contributed by atoms with Crippen molar-refractivity contribution in [3.63, 3.8) is 0 Å². The number of aromatic nitrogens is 2. The van der Waals surface area contributed by atoms with Crippen molar-refractivity contribution in [1.29, 1.82) is 0 Å². The molecule has 0 aliphatic heterocycles. The zero-order valence-electron chi connectivity index (χ0n) is 12.2. The van der Waals surface area contributed by atoms with Crippen molar-refractivity contribution in [2.45, 2.75) is 0 Å². The Kier molecular flexibility index (Phi) is 3.93. The fourth-order valence-corrected chi connectivity index (χ4v) is 2.85. The lowest BCUT2D eigenvalue weighted by Crippen LogP contribution is -1.99. The summed E-state index contributed by atoms with van der Waals surface area (Å²) in [5, 5.41) is 2.00. The summed E-state index contributed by atoms with van der Waals surface area (Å²) in [6.07, 6.45) is 0. The van der Waals surface area contributed by atoms with Crippen molar-refractivity contribution in [2.75, 3.05) is 20.0 Å². The van der Waals surface area contributed by atoms with Crippen molar-refractivity contribution in [3.8, 4) is 33.3 Å². The van der Waals surface area contributed by atoms with Crippen molar-refractivity contribution < 1.29 is 9.47 Å². The fourth-order valence-electron chi connectivity index (χ4n) is 2.17. The molecule has 22 heavy (non-hydrogen) atoms. The van der Waals surface area contributed by atoms with E-state index >= 15 is 0 Å². The number of thiophene rings is 1. The molecule has 5 nitrogen and oxygen atoms in total. The van der Waals surface area contributed by atoms with Crippen LogP contribution in [0, 0.1) is 0 Å². The average Bonchev–Trinajstić information content (AvgIpc) is 3.08. The Morgan fingerprint density at radius 2 is 1.82 bits per heavy atom. The molecule has 2 N–H and O–H groups in total. The molecule has 0 unspecified atom stereocenters. The summed E-state index contributed by atoms with van der Waals surface area (Å²) < 4.78 is 10.7. The number of benzene rings is 1. The number of hydrogen-bond donors (Lipinski definition) is 1. The van der Waals surface area contributed by atoms with E-state index in [-0.39, 0.29) is 5.95 Å². The lowest BCUT2D eigenvalue weighted by atomic mass is 10.1. The lowest BCUT2D eigenvalue weighted by Gasteiger charge is -2.11. The minimum Gasteiger partial charge on any atom is -0.497 e. The largest absolute Gasteiger partial charge is 0.497 e. The van der Waals surface area contributed by atoms with E-state index in [9.17, 15) is 0 Å². The molecule has 6 heteroatoms. The van der Waals surface area contributed by atoms with Crippen LogP contribution in [0.5, 0.6) is 11.5 Å². The molecule has 0 saturated carbocycles. The molecule has 2 heterocycles. The molecule has 0 amide bonds. The summed E-state index contributed by atoms with van der Waals surface area (Å²) in [5.74, 6) is 1.66. The van der Waals surface area contributed by atoms with E-state index in [1.165, 1.54) is 0 Å². The van der Waals surface area contributed by atoms with E-state index in [0.717, 1.165) is 21.9 Å². The molecule has 0 spiro atoms. The number of methoxy groups -OCH3 is 2. The fraction of sp³-hybridized carbons (Fsp3) is 0.125. The van der Waals surface area contributed by atoms with Gasteiger partial charge in [-0.2, -0.15) is 0 Å². The number of rotatable bonds is 4. The van der Waals surface area contributed by atoms with Gasteiger partial charge in [0.05, 0.1) is 30.5 Å². The van der Waals surface area contributed by atoms with E-state index < -0.39 is 0 Å². The van der Waals surface area contributed by atoms with Crippen molar-refractivity contribution in [2.24, 2.45) is 0 Å². The first-order chi connectivity index (χ1) is 10.7. The highest BCUT2D eigenvalue weighted by Crippen LogP contribution is 2.34. The summed E-state index contributed by atoms with van der Waals surface area (Å²) in [5.41, 5.74) is 8.18. The Hall–Kier alpha value is -2.60. The summed E-state index contributed by atoms with van der Waals surface area (Å²) in [6.45, 7) is 0. The minimum atomic E-state index is 0.228. The summed E-state index contributed by atoms with van der Waals surface area (Å²) >= 11 is 1.60. The first-order valence-corrected chi connectivity index (χ1v) is 7.50. The first kappa shape index (κ1) is 14.3. The molecule has 0 radical (unpaired) electrons. The molecule has 0 saturated heterocycles. The zero-order chi connectivity index (χ0) is 15.5. The summed E-state index contributed by atoms with van der Waals surface area (Å²) in [7, 11) is 3.24. The highest BCUT2D eigenvalue weighted by atomic mass is 32.1. The smallest absolute Gasteiger partial charge is 0.221 e. The predicted octanol–water partition coefficient (Wildman–Crippen LogP) is 3.47. The normalized spacial score (nSPS) is 10.5. The SMILES string of the molecule is COc1ccc(OC)c(-c2cc(-c3cccs3)nc(N)n2)c1. The number of ether oxygens (including phenoxy) is 2. The summed E-state index contributed by atoms with van der Waals surface area (Å²) in [4.78, 5) is 9.68. The molecule has 112 valence electrons. The highest BCUT2D eigenvalue weighted by Gasteiger charge is 2.13. The second kappa shape index (κ2) is 6.03. The van der Waals surface area contributed by atoms with Gasteiger partial charge in [0.15, 0.2) is 0 Å². The van der Waals surface area contributed by atoms with E-state index in [4.69, 9.17) is 15.2 Å². The number of anilines is 1. The van der Waals surface area contributed by atoms with Crippen LogP contribution in [0.2, 0.25) is 0 Å². The van der Waals surface area contributed by atoms with Gasteiger partial charge in [-0.05, 0) is 35.7 Å². The topological polar surface area (TPSA) is 70.3 Å². The molecule has 0 atom stereocenters. The van der Waals surface area contributed by atoms with Crippen LogP contribution < -0.4 is 15.2 Å². The van der Waals surface area contributed by atoms with Crippen LogP contribution in [0.3, 0.4) is 0 Å². The third kappa shape index (κ3) is 2.73. The Morgan fingerprint density at radius 3 is 2.50 bits per heavy atom.